The fourth-order valence-electron chi connectivity index (χ4n) is 3.53. The lowest BCUT2D eigenvalue weighted by Crippen LogP contribution is -2.19. The molecule has 0 aliphatic carbocycles. The van der Waals surface area contributed by atoms with Gasteiger partial charge in [0.2, 0.25) is 5.75 Å². The van der Waals surface area contributed by atoms with E-state index in [1.165, 1.54) is 6.07 Å². The van der Waals surface area contributed by atoms with Crippen LogP contribution in [0.1, 0.15) is 12.5 Å². The third-order valence-corrected chi connectivity index (χ3v) is 4.95. The van der Waals surface area contributed by atoms with Crippen LogP contribution in [0.3, 0.4) is 0 Å². The molecule has 0 N–H and O–H groups in total. The van der Waals surface area contributed by atoms with Gasteiger partial charge in [0.05, 0.1) is 0 Å². The van der Waals surface area contributed by atoms with Crippen LogP contribution in [0.15, 0.2) is 54.6 Å². The molecule has 0 aliphatic heterocycles. The Bertz CT molecular complexity index is 1250. The number of alkyl halides is 3. The first kappa shape index (κ1) is 20.1. The predicted octanol–water partition coefficient (Wildman–Crippen LogP) is 7.54. The summed E-state index contributed by atoms with van der Waals surface area (Å²) in [6.07, 6.45) is -4.40. The van der Waals surface area contributed by atoms with Crippen LogP contribution in [0.5, 0.6) is 5.75 Å². The number of aryl methyl sites for hydroxylation is 1. The zero-order valence-corrected chi connectivity index (χ0v) is 15.6. The van der Waals surface area contributed by atoms with Gasteiger partial charge in [-0.25, -0.2) is 13.2 Å². The van der Waals surface area contributed by atoms with Gasteiger partial charge in [-0.15, -0.1) is 13.2 Å². The van der Waals surface area contributed by atoms with Crippen LogP contribution in [-0.4, -0.2) is 6.36 Å². The molecule has 0 spiro atoms. The van der Waals surface area contributed by atoms with Gasteiger partial charge in [0, 0.05) is 10.9 Å². The van der Waals surface area contributed by atoms with Crippen molar-refractivity contribution in [3.63, 3.8) is 0 Å². The Morgan fingerprint density at radius 1 is 0.767 bits per heavy atom. The van der Waals surface area contributed by atoms with E-state index < -0.39 is 29.6 Å². The van der Waals surface area contributed by atoms with Crippen molar-refractivity contribution in [1.82, 2.24) is 0 Å². The molecule has 4 aromatic carbocycles. The molecule has 0 radical (unpaired) electrons. The van der Waals surface area contributed by atoms with Gasteiger partial charge >= 0.3 is 6.36 Å². The summed E-state index contributed by atoms with van der Waals surface area (Å²) in [6, 6.07) is 13.4. The fraction of sp³-hybridized carbons (Fsp3) is 0.130. The number of benzene rings is 4. The van der Waals surface area contributed by atoms with Crippen molar-refractivity contribution < 1.29 is 31.1 Å². The van der Waals surface area contributed by atoms with E-state index in [1.807, 2.05) is 25.1 Å². The van der Waals surface area contributed by atoms with Gasteiger partial charge in [-0.3, -0.25) is 0 Å². The Morgan fingerprint density at radius 2 is 1.40 bits per heavy atom. The van der Waals surface area contributed by atoms with Gasteiger partial charge in [-0.2, -0.15) is 0 Å². The number of halogens is 6. The Kier molecular flexibility index (Phi) is 4.84. The topological polar surface area (TPSA) is 9.23 Å². The molecule has 7 heteroatoms. The fourth-order valence-corrected chi connectivity index (χ4v) is 3.53. The number of hydrogen-bond donors (Lipinski definition) is 0. The Balaban J connectivity index is 1.86. The highest BCUT2D eigenvalue weighted by Crippen LogP contribution is 2.36. The van der Waals surface area contributed by atoms with Crippen LogP contribution >= 0.6 is 0 Å². The second kappa shape index (κ2) is 7.23. The van der Waals surface area contributed by atoms with Crippen molar-refractivity contribution in [2.24, 2.45) is 0 Å². The molecule has 1 nitrogen and oxygen atoms in total. The number of hydrogen-bond acceptors (Lipinski definition) is 1. The summed E-state index contributed by atoms with van der Waals surface area (Å²) >= 11 is 0. The van der Waals surface area contributed by atoms with E-state index in [9.17, 15) is 22.0 Å². The van der Waals surface area contributed by atoms with E-state index in [1.54, 1.807) is 18.2 Å². The number of ether oxygens (including phenoxy) is 1. The molecule has 0 unspecified atom stereocenters. The quantitative estimate of drug-likeness (QED) is 0.246. The summed E-state index contributed by atoms with van der Waals surface area (Å²) in [7, 11) is 0. The summed E-state index contributed by atoms with van der Waals surface area (Å²) in [5.41, 5.74) is 0.759. The second-order valence-electron chi connectivity index (χ2n) is 6.81. The maximum Gasteiger partial charge on any atom is 0.573 e. The molecule has 0 heterocycles. The van der Waals surface area contributed by atoms with Crippen molar-refractivity contribution >= 4 is 21.5 Å². The molecule has 0 saturated carbocycles. The normalized spacial score (nSPS) is 12.0. The number of fused-ring (bicyclic) bond motifs is 3. The molecule has 30 heavy (non-hydrogen) atoms. The van der Waals surface area contributed by atoms with Crippen molar-refractivity contribution in [1.29, 1.82) is 0 Å². The Hall–Kier alpha value is -3.22. The smallest absolute Gasteiger partial charge is 0.399 e. The number of rotatable bonds is 3. The Morgan fingerprint density at radius 3 is 2.03 bits per heavy atom. The van der Waals surface area contributed by atoms with Crippen molar-refractivity contribution in [2.75, 3.05) is 0 Å². The van der Waals surface area contributed by atoms with Crippen LogP contribution in [0.25, 0.3) is 32.7 Å². The maximum absolute atomic E-state index is 15.2. The lowest BCUT2D eigenvalue weighted by atomic mass is 9.95. The lowest BCUT2D eigenvalue weighted by molar-refractivity contribution is -0.276. The molecule has 0 saturated heterocycles. The predicted molar refractivity (Wildman–Crippen MR) is 103 cm³/mol. The van der Waals surface area contributed by atoms with Crippen LogP contribution in [-0.2, 0) is 6.42 Å². The van der Waals surface area contributed by atoms with E-state index in [-0.39, 0.29) is 16.5 Å². The third-order valence-electron chi connectivity index (χ3n) is 4.95. The summed E-state index contributed by atoms with van der Waals surface area (Å²) in [6.45, 7) is 2.03. The summed E-state index contributed by atoms with van der Waals surface area (Å²) in [5.74, 6) is -5.46. The second-order valence-corrected chi connectivity index (χ2v) is 6.81. The molecule has 154 valence electrons. The monoisotopic (exact) mass is 420 g/mol. The first-order valence-electron chi connectivity index (χ1n) is 9.07. The Labute approximate surface area is 167 Å². The van der Waals surface area contributed by atoms with Gasteiger partial charge in [-0.05, 0) is 45.8 Å². The highest BCUT2D eigenvalue weighted by atomic mass is 19.4. The van der Waals surface area contributed by atoms with Gasteiger partial charge in [0.15, 0.2) is 11.6 Å². The molecule has 0 bridgehead atoms. The molecule has 4 aromatic rings. The van der Waals surface area contributed by atoms with Gasteiger partial charge in [-0.1, -0.05) is 49.4 Å². The van der Waals surface area contributed by atoms with Crippen molar-refractivity contribution in [2.45, 2.75) is 19.7 Å². The first-order chi connectivity index (χ1) is 14.2. The molecule has 0 aliphatic rings. The van der Waals surface area contributed by atoms with E-state index in [0.717, 1.165) is 22.8 Å². The minimum Gasteiger partial charge on any atom is -0.399 e. The summed E-state index contributed by atoms with van der Waals surface area (Å²) < 4.78 is 83.7. The molecular formula is C23H14F6O. The molecule has 0 amide bonds. The molecule has 4 rings (SSSR count). The molecule has 0 aromatic heterocycles. The third kappa shape index (κ3) is 3.56. The minimum atomic E-state index is -5.25. The van der Waals surface area contributed by atoms with Crippen LogP contribution in [0, 0.1) is 17.5 Å². The highest BCUT2D eigenvalue weighted by Gasteiger charge is 2.34. The van der Waals surface area contributed by atoms with E-state index in [4.69, 9.17) is 0 Å². The van der Waals surface area contributed by atoms with Crippen molar-refractivity contribution in [3.05, 3.63) is 77.6 Å². The summed E-state index contributed by atoms with van der Waals surface area (Å²) in [5, 5.41) is 2.61. The average molecular weight is 420 g/mol. The maximum atomic E-state index is 15.2. The largest absolute Gasteiger partial charge is 0.573 e. The average Bonchev–Trinajstić information content (AvgIpc) is 2.69. The van der Waals surface area contributed by atoms with Crippen molar-refractivity contribution in [3.8, 4) is 16.9 Å². The van der Waals surface area contributed by atoms with Crippen LogP contribution < -0.4 is 4.74 Å². The zero-order valence-electron chi connectivity index (χ0n) is 15.6. The van der Waals surface area contributed by atoms with Gasteiger partial charge < -0.3 is 4.74 Å². The van der Waals surface area contributed by atoms with Crippen LogP contribution in [0.2, 0.25) is 0 Å². The highest BCUT2D eigenvalue weighted by molar-refractivity contribution is 6.08. The molecule has 0 fully saturated rings. The van der Waals surface area contributed by atoms with E-state index in [2.05, 4.69) is 4.74 Å². The molecule has 0 atom stereocenters. The van der Waals surface area contributed by atoms with E-state index >= 15 is 4.39 Å². The van der Waals surface area contributed by atoms with E-state index in [0.29, 0.717) is 17.5 Å². The zero-order chi connectivity index (χ0) is 21.6. The standard InChI is InChI=1S/C23H14F6O/c1-2-12-3-5-15-13(9-12)4-6-18-17(15)8-7-16(21(18)26)14-10-19(24)22(20(25)11-14)30-23(27,28)29/h3-11H,2H2,1H3. The first-order valence-corrected chi connectivity index (χ1v) is 9.07. The van der Waals surface area contributed by atoms with Crippen LogP contribution in [0.4, 0.5) is 26.3 Å². The summed E-state index contributed by atoms with van der Waals surface area (Å²) in [4.78, 5) is 0. The lowest BCUT2D eigenvalue weighted by Gasteiger charge is -2.13. The SMILES string of the molecule is CCc1ccc2c(ccc3c(F)c(-c4cc(F)c(OC(F)(F)F)c(F)c4)ccc32)c1. The molecular weight excluding hydrogens is 406 g/mol. The minimum absolute atomic E-state index is 0.136. The van der Waals surface area contributed by atoms with Gasteiger partial charge in [0.25, 0.3) is 0 Å². The van der Waals surface area contributed by atoms with Gasteiger partial charge in [0.1, 0.15) is 5.82 Å².